The molecule has 0 bridgehead atoms. The van der Waals surface area contributed by atoms with Crippen LogP contribution in [-0.4, -0.2) is 23.8 Å². The van der Waals surface area contributed by atoms with Crippen LogP contribution < -0.4 is 0 Å². The quantitative estimate of drug-likeness (QED) is 0.821. The number of hydrogen-bond donors (Lipinski definition) is 0. The van der Waals surface area contributed by atoms with Crippen molar-refractivity contribution < 1.29 is 4.79 Å². The van der Waals surface area contributed by atoms with E-state index in [9.17, 15) is 4.79 Å². The Morgan fingerprint density at radius 1 is 1.40 bits per heavy atom. The maximum absolute atomic E-state index is 11.3. The molecule has 15 heavy (non-hydrogen) atoms. The first-order chi connectivity index (χ1) is 7.24. The van der Waals surface area contributed by atoms with Gasteiger partial charge in [-0.15, -0.1) is 0 Å². The maximum Gasteiger partial charge on any atom is 0.146 e. The van der Waals surface area contributed by atoms with Crippen LogP contribution in [0.4, 0.5) is 0 Å². The Balaban J connectivity index is 1.99. The number of halogens is 1. The van der Waals surface area contributed by atoms with Gasteiger partial charge in [0.25, 0.3) is 0 Å². The number of Topliss-reactive ketones (excluding diaryl/α,β-unsaturated/α-hetero) is 1. The zero-order valence-corrected chi connectivity index (χ0v) is 10.2. The van der Waals surface area contributed by atoms with Gasteiger partial charge < -0.3 is 0 Å². The highest BCUT2D eigenvalue weighted by Crippen LogP contribution is 2.15. The van der Waals surface area contributed by atoms with Gasteiger partial charge in [-0.1, -0.05) is 28.1 Å². The summed E-state index contributed by atoms with van der Waals surface area (Å²) in [6.45, 7) is 2.54. The highest BCUT2D eigenvalue weighted by Gasteiger charge is 2.16. The first kappa shape index (κ1) is 10.8. The summed E-state index contributed by atoms with van der Waals surface area (Å²) in [4.78, 5) is 13.5. The third-order valence-electron chi connectivity index (χ3n) is 2.63. The second-order valence-corrected chi connectivity index (χ2v) is 4.90. The van der Waals surface area contributed by atoms with E-state index < -0.39 is 0 Å². The molecule has 1 heterocycles. The molecule has 0 aromatic heterocycles. The fourth-order valence-electron chi connectivity index (χ4n) is 1.94. The monoisotopic (exact) mass is 267 g/mol. The van der Waals surface area contributed by atoms with Gasteiger partial charge in [-0.05, 0) is 30.7 Å². The molecule has 1 aromatic rings. The Hall–Kier alpha value is -0.670. The van der Waals surface area contributed by atoms with E-state index in [0.29, 0.717) is 12.3 Å². The van der Waals surface area contributed by atoms with Crippen LogP contribution in [0.5, 0.6) is 0 Å². The number of carbonyl (C=O) groups excluding carboxylic acids is 1. The van der Waals surface area contributed by atoms with Crippen LogP contribution in [0.3, 0.4) is 0 Å². The highest BCUT2D eigenvalue weighted by molar-refractivity contribution is 9.10. The molecule has 1 aromatic carbocycles. The maximum atomic E-state index is 11.3. The molecule has 1 fully saturated rings. The molecule has 1 aliphatic rings. The SMILES string of the molecule is O=C1CCCN(Cc2cccc(Br)c2)C1. The van der Waals surface area contributed by atoms with E-state index in [4.69, 9.17) is 0 Å². The van der Waals surface area contributed by atoms with Crippen molar-refractivity contribution in [1.29, 1.82) is 0 Å². The number of ketones is 1. The molecule has 1 aliphatic heterocycles. The molecule has 0 radical (unpaired) electrons. The van der Waals surface area contributed by atoms with Crippen molar-refractivity contribution in [1.82, 2.24) is 4.90 Å². The Morgan fingerprint density at radius 3 is 3.00 bits per heavy atom. The molecule has 80 valence electrons. The van der Waals surface area contributed by atoms with E-state index >= 15 is 0 Å². The van der Waals surface area contributed by atoms with Gasteiger partial charge in [0.1, 0.15) is 5.78 Å². The predicted molar refractivity (Wildman–Crippen MR) is 63.7 cm³/mol. The summed E-state index contributed by atoms with van der Waals surface area (Å²) in [6.07, 6.45) is 1.77. The topological polar surface area (TPSA) is 20.3 Å². The van der Waals surface area contributed by atoms with Gasteiger partial charge in [0.2, 0.25) is 0 Å². The Morgan fingerprint density at radius 2 is 2.27 bits per heavy atom. The molecular formula is C12H14BrNO. The largest absolute Gasteiger partial charge is 0.298 e. The smallest absolute Gasteiger partial charge is 0.146 e. The van der Waals surface area contributed by atoms with E-state index in [1.165, 1.54) is 5.56 Å². The fraction of sp³-hybridized carbons (Fsp3) is 0.417. The first-order valence-electron chi connectivity index (χ1n) is 5.22. The number of benzene rings is 1. The number of likely N-dealkylation sites (tertiary alicyclic amines) is 1. The van der Waals surface area contributed by atoms with Crippen LogP contribution in [0.15, 0.2) is 28.7 Å². The minimum Gasteiger partial charge on any atom is -0.298 e. The predicted octanol–water partition coefficient (Wildman–Crippen LogP) is 2.61. The van der Waals surface area contributed by atoms with Crippen molar-refractivity contribution in [3.63, 3.8) is 0 Å². The molecule has 1 saturated heterocycles. The second-order valence-electron chi connectivity index (χ2n) is 3.98. The summed E-state index contributed by atoms with van der Waals surface area (Å²) in [5.41, 5.74) is 1.26. The zero-order chi connectivity index (χ0) is 10.7. The van der Waals surface area contributed by atoms with Gasteiger partial charge in [0.05, 0.1) is 6.54 Å². The van der Waals surface area contributed by atoms with Crippen molar-refractivity contribution >= 4 is 21.7 Å². The summed E-state index contributed by atoms with van der Waals surface area (Å²) in [7, 11) is 0. The van der Waals surface area contributed by atoms with Gasteiger partial charge >= 0.3 is 0 Å². The van der Waals surface area contributed by atoms with Crippen molar-refractivity contribution in [3.05, 3.63) is 34.3 Å². The van der Waals surface area contributed by atoms with E-state index in [0.717, 1.165) is 30.4 Å². The molecule has 0 saturated carbocycles. The number of hydrogen-bond acceptors (Lipinski definition) is 2. The summed E-state index contributed by atoms with van der Waals surface area (Å²) in [5, 5.41) is 0. The molecule has 0 N–H and O–H groups in total. The number of carbonyl (C=O) groups is 1. The van der Waals surface area contributed by atoms with Gasteiger partial charge in [0.15, 0.2) is 0 Å². The van der Waals surface area contributed by atoms with Gasteiger partial charge in [-0.3, -0.25) is 9.69 Å². The third-order valence-corrected chi connectivity index (χ3v) is 3.12. The molecule has 0 aliphatic carbocycles. The molecule has 2 nitrogen and oxygen atoms in total. The molecular weight excluding hydrogens is 254 g/mol. The summed E-state index contributed by atoms with van der Waals surface area (Å²) < 4.78 is 1.10. The minimum absolute atomic E-state index is 0.372. The van der Waals surface area contributed by atoms with Crippen LogP contribution in [0, 0.1) is 0 Å². The van der Waals surface area contributed by atoms with Crippen molar-refractivity contribution in [2.75, 3.05) is 13.1 Å². The molecule has 2 rings (SSSR count). The molecule has 0 unspecified atom stereocenters. The van der Waals surface area contributed by atoms with Crippen LogP contribution in [0.25, 0.3) is 0 Å². The average Bonchev–Trinajstić information content (AvgIpc) is 2.17. The minimum atomic E-state index is 0.372. The Bertz CT molecular complexity index is 364. The van der Waals surface area contributed by atoms with Crippen LogP contribution in [0.1, 0.15) is 18.4 Å². The normalized spacial score (nSPS) is 18.1. The lowest BCUT2D eigenvalue weighted by atomic mass is 10.1. The van der Waals surface area contributed by atoms with Crippen molar-refractivity contribution in [2.24, 2.45) is 0 Å². The summed E-state index contributed by atoms with van der Waals surface area (Å²) in [5.74, 6) is 0.372. The zero-order valence-electron chi connectivity index (χ0n) is 8.58. The molecule has 0 spiro atoms. The van der Waals surface area contributed by atoms with Gasteiger partial charge in [0, 0.05) is 17.4 Å². The van der Waals surface area contributed by atoms with E-state index in [1.54, 1.807) is 0 Å². The summed E-state index contributed by atoms with van der Waals surface area (Å²) >= 11 is 3.45. The van der Waals surface area contributed by atoms with E-state index in [1.807, 2.05) is 12.1 Å². The highest BCUT2D eigenvalue weighted by atomic mass is 79.9. The lowest BCUT2D eigenvalue weighted by Crippen LogP contribution is -2.34. The number of piperidine rings is 1. The van der Waals surface area contributed by atoms with Gasteiger partial charge in [-0.2, -0.15) is 0 Å². The molecule has 0 atom stereocenters. The number of nitrogens with zero attached hydrogens (tertiary/aromatic N) is 1. The fourth-order valence-corrected chi connectivity index (χ4v) is 2.38. The van der Waals surface area contributed by atoms with Gasteiger partial charge in [-0.25, -0.2) is 0 Å². The third kappa shape index (κ3) is 3.14. The van der Waals surface area contributed by atoms with Crippen molar-refractivity contribution in [3.8, 4) is 0 Å². The Kier molecular flexibility index (Phi) is 3.54. The van der Waals surface area contributed by atoms with Crippen LogP contribution in [-0.2, 0) is 11.3 Å². The number of rotatable bonds is 2. The van der Waals surface area contributed by atoms with E-state index in [2.05, 4.69) is 33.0 Å². The molecule has 3 heteroatoms. The Labute approximate surface area is 98.4 Å². The van der Waals surface area contributed by atoms with Crippen LogP contribution >= 0.6 is 15.9 Å². The van der Waals surface area contributed by atoms with E-state index in [-0.39, 0.29) is 0 Å². The lowest BCUT2D eigenvalue weighted by Gasteiger charge is -2.25. The van der Waals surface area contributed by atoms with Crippen LogP contribution in [0.2, 0.25) is 0 Å². The average molecular weight is 268 g/mol. The van der Waals surface area contributed by atoms with Crippen molar-refractivity contribution in [2.45, 2.75) is 19.4 Å². The summed E-state index contributed by atoms with van der Waals surface area (Å²) in [6, 6.07) is 8.26. The lowest BCUT2D eigenvalue weighted by molar-refractivity contribution is -0.122. The first-order valence-corrected chi connectivity index (χ1v) is 6.02. The second kappa shape index (κ2) is 4.90. The molecule has 0 amide bonds. The standard InChI is InChI=1S/C12H14BrNO/c13-11-4-1-3-10(7-11)8-14-6-2-5-12(15)9-14/h1,3-4,7H,2,5-6,8-9H2.